The molecule has 0 saturated heterocycles. The molecular formula is C22H24N2O4. The fourth-order valence-electron chi connectivity index (χ4n) is 2.62. The van der Waals surface area contributed by atoms with Gasteiger partial charge in [-0.25, -0.2) is 4.79 Å². The zero-order valence-corrected chi connectivity index (χ0v) is 15.9. The number of hydrogen-bond donors (Lipinski definition) is 2. The van der Waals surface area contributed by atoms with Gasteiger partial charge in [0.15, 0.2) is 0 Å². The van der Waals surface area contributed by atoms with Crippen molar-refractivity contribution in [3.63, 3.8) is 0 Å². The molecule has 6 heteroatoms. The van der Waals surface area contributed by atoms with Gasteiger partial charge < -0.3 is 15.4 Å². The SMILES string of the molecule is CCCOC(=O)c1ccc(NC(=O)c2ccc(CNC(=O)C3CC3)cc2)cc1. The zero-order valence-electron chi connectivity index (χ0n) is 15.9. The van der Waals surface area contributed by atoms with Crippen molar-refractivity contribution in [2.75, 3.05) is 11.9 Å². The van der Waals surface area contributed by atoms with E-state index >= 15 is 0 Å². The lowest BCUT2D eigenvalue weighted by Gasteiger charge is -2.08. The molecule has 6 nitrogen and oxygen atoms in total. The Labute approximate surface area is 164 Å². The van der Waals surface area contributed by atoms with Gasteiger partial charge in [-0.3, -0.25) is 9.59 Å². The summed E-state index contributed by atoms with van der Waals surface area (Å²) < 4.78 is 5.08. The van der Waals surface area contributed by atoms with Gasteiger partial charge in [0.05, 0.1) is 12.2 Å². The number of amides is 2. The first-order chi connectivity index (χ1) is 13.6. The summed E-state index contributed by atoms with van der Waals surface area (Å²) in [5.74, 6) is -0.326. The molecule has 2 amide bonds. The molecule has 2 aromatic rings. The second-order valence-corrected chi connectivity index (χ2v) is 6.86. The number of anilines is 1. The van der Waals surface area contributed by atoms with E-state index in [9.17, 15) is 14.4 Å². The summed E-state index contributed by atoms with van der Waals surface area (Å²) in [6.07, 6.45) is 2.73. The number of rotatable bonds is 8. The Morgan fingerprint density at radius 2 is 1.61 bits per heavy atom. The summed E-state index contributed by atoms with van der Waals surface area (Å²) in [7, 11) is 0. The molecule has 3 rings (SSSR count). The van der Waals surface area contributed by atoms with Crippen LogP contribution in [0.5, 0.6) is 0 Å². The molecule has 28 heavy (non-hydrogen) atoms. The van der Waals surface area contributed by atoms with Crippen LogP contribution in [0.15, 0.2) is 48.5 Å². The van der Waals surface area contributed by atoms with Gasteiger partial charge in [0.1, 0.15) is 0 Å². The maximum Gasteiger partial charge on any atom is 0.338 e. The van der Waals surface area contributed by atoms with Crippen LogP contribution in [0.25, 0.3) is 0 Å². The quantitative estimate of drug-likeness (QED) is 0.686. The highest BCUT2D eigenvalue weighted by Crippen LogP contribution is 2.28. The highest BCUT2D eigenvalue weighted by molar-refractivity contribution is 6.04. The lowest BCUT2D eigenvalue weighted by atomic mass is 10.1. The third kappa shape index (κ3) is 5.42. The molecule has 1 fully saturated rings. The molecule has 1 saturated carbocycles. The molecule has 0 radical (unpaired) electrons. The normalized spacial score (nSPS) is 12.9. The molecule has 0 bridgehead atoms. The predicted octanol–water partition coefficient (Wildman–Crippen LogP) is 3.53. The van der Waals surface area contributed by atoms with Gasteiger partial charge in [-0.15, -0.1) is 0 Å². The van der Waals surface area contributed by atoms with Crippen molar-refractivity contribution < 1.29 is 19.1 Å². The lowest BCUT2D eigenvalue weighted by molar-refractivity contribution is -0.122. The van der Waals surface area contributed by atoms with Gasteiger partial charge in [-0.2, -0.15) is 0 Å². The van der Waals surface area contributed by atoms with Crippen molar-refractivity contribution in [2.45, 2.75) is 32.7 Å². The first-order valence-electron chi connectivity index (χ1n) is 9.52. The Morgan fingerprint density at radius 3 is 2.21 bits per heavy atom. The van der Waals surface area contributed by atoms with Crippen LogP contribution in [0.3, 0.4) is 0 Å². The molecule has 0 aromatic heterocycles. The Balaban J connectivity index is 1.52. The van der Waals surface area contributed by atoms with E-state index in [0.717, 1.165) is 24.8 Å². The monoisotopic (exact) mass is 380 g/mol. The van der Waals surface area contributed by atoms with E-state index in [-0.39, 0.29) is 23.7 Å². The lowest BCUT2D eigenvalue weighted by Crippen LogP contribution is -2.24. The molecule has 146 valence electrons. The number of carbonyl (C=O) groups excluding carboxylic acids is 3. The minimum Gasteiger partial charge on any atom is -0.462 e. The maximum atomic E-state index is 12.4. The van der Waals surface area contributed by atoms with Crippen molar-refractivity contribution in [1.82, 2.24) is 5.32 Å². The third-order valence-corrected chi connectivity index (χ3v) is 4.45. The number of hydrogen-bond acceptors (Lipinski definition) is 4. The number of nitrogens with one attached hydrogen (secondary N) is 2. The zero-order chi connectivity index (χ0) is 19.9. The van der Waals surface area contributed by atoms with E-state index in [4.69, 9.17) is 4.74 Å². The Hall–Kier alpha value is -3.15. The standard InChI is InChI=1S/C22H24N2O4/c1-2-13-28-22(27)18-9-11-19(12-10-18)24-21(26)17-5-3-15(4-6-17)14-23-20(25)16-7-8-16/h3-6,9-12,16H,2,7-8,13-14H2,1H3,(H,23,25)(H,24,26). The van der Waals surface area contributed by atoms with Crippen LogP contribution < -0.4 is 10.6 Å². The number of esters is 1. The predicted molar refractivity (Wildman–Crippen MR) is 106 cm³/mol. The molecule has 0 heterocycles. The van der Waals surface area contributed by atoms with Crippen molar-refractivity contribution in [3.8, 4) is 0 Å². The summed E-state index contributed by atoms with van der Waals surface area (Å²) in [6.45, 7) is 2.78. The molecule has 0 atom stereocenters. The number of benzene rings is 2. The van der Waals surface area contributed by atoms with Crippen LogP contribution in [0.2, 0.25) is 0 Å². The summed E-state index contributed by atoms with van der Waals surface area (Å²) in [5.41, 5.74) is 2.51. The smallest absolute Gasteiger partial charge is 0.338 e. The van der Waals surface area contributed by atoms with E-state index in [1.54, 1.807) is 36.4 Å². The van der Waals surface area contributed by atoms with Crippen LogP contribution in [0.4, 0.5) is 5.69 Å². The average Bonchev–Trinajstić information content (AvgIpc) is 3.56. The molecule has 2 aromatic carbocycles. The summed E-state index contributed by atoms with van der Waals surface area (Å²) in [5, 5.41) is 5.70. The van der Waals surface area contributed by atoms with Gasteiger partial charge in [-0.05, 0) is 61.2 Å². The van der Waals surface area contributed by atoms with Crippen molar-refractivity contribution in [3.05, 3.63) is 65.2 Å². The van der Waals surface area contributed by atoms with Crippen LogP contribution in [0.1, 0.15) is 52.5 Å². The average molecular weight is 380 g/mol. The fraction of sp³-hybridized carbons (Fsp3) is 0.318. The van der Waals surface area contributed by atoms with Gasteiger partial charge >= 0.3 is 5.97 Å². The van der Waals surface area contributed by atoms with E-state index in [2.05, 4.69) is 10.6 Å². The molecule has 1 aliphatic carbocycles. The number of ether oxygens (including phenoxy) is 1. The Kier molecular flexibility index (Phi) is 6.42. The van der Waals surface area contributed by atoms with Gasteiger partial charge in [0.25, 0.3) is 5.91 Å². The van der Waals surface area contributed by atoms with Gasteiger partial charge in [0, 0.05) is 23.7 Å². The fourth-order valence-corrected chi connectivity index (χ4v) is 2.62. The second-order valence-electron chi connectivity index (χ2n) is 6.86. The third-order valence-electron chi connectivity index (χ3n) is 4.45. The van der Waals surface area contributed by atoms with Crippen molar-refractivity contribution in [1.29, 1.82) is 0 Å². The van der Waals surface area contributed by atoms with Gasteiger partial charge in [0.2, 0.25) is 5.91 Å². The van der Waals surface area contributed by atoms with E-state index in [0.29, 0.717) is 30.0 Å². The van der Waals surface area contributed by atoms with Crippen LogP contribution in [-0.4, -0.2) is 24.4 Å². The number of carbonyl (C=O) groups is 3. The molecule has 0 spiro atoms. The van der Waals surface area contributed by atoms with Crippen LogP contribution in [0, 0.1) is 5.92 Å². The maximum absolute atomic E-state index is 12.4. The van der Waals surface area contributed by atoms with E-state index in [1.165, 1.54) is 0 Å². The van der Waals surface area contributed by atoms with Crippen LogP contribution >= 0.6 is 0 Å². The summed E-state index contributed by atoms with van der Waals surface area (Å²) >= 11 is 0. The minimum absolute atomic E-state index is 0.101. The van der Waals surface area contributed by atoms with Crippen molar-refractivity contribution >= 4 is 23.5 Å². The Bertz CT molecular complexity index is 840. The highest BCUT2D eigenvalue weighted by Gasteiger charge is 2.29. The topological polar surface area (TPSA) is 84.5 Å². The molecule has 1 aliphatic rings. The van der Waals surface area contributed by atoms with E-state index in [1.807, 2.05) is 19.1 Å². The first-order valence-corrected chi connectivity index (χ1v) is 9.52. The molecular weight excluding hydrogens is 356 g/mol. The highest BCUT2D eigenvalue weighted by atomic mass is 16.5. The van der Waals surface area contributed by atoms with E-state index < -0.39 is 0 Å². The largest absolute Gasteiger partial charge is 0.462 e. The summed E-state index contributed by atoms with van der Waals surface area (Å²) in [6, 6.07) is 13.7. The molecule has 0 aliphatic heterocycles. The summed E-state index contributed by atoms with van der Waals surface area (Å²) in [4.78, 5) is 35.8. The molecule has 2 N–H and O–H groups in total. The van der Waals surface area contributed by atoms with Crippen LogP contribution in [-0.2, 0) is 16.1 Å². The minimum atomic E-state index is -0.371. The second kappa shape index (κ2) is 9.17. The van der Waals surface area contributed by atoms with Gasteiger partial charge in [-0.1, -0.05) is 19.1 Å². The first kappa shape index (κ1) is 19.6. The Morgan fingerprint density at radius 1 is 0.964 bits per heavy atom. The van der Waals surface area contributed by atoms with Crippen molar-refractivity contribution in [2.24, 2.45) is 5.92 Å². The molecule has 0 unspecified atom stereocenters.